The van der Waals surface area contributed by atoms with Crippen LogP contribution in [-0.2, 0) is 14.3 Å². The van der Waals surface area contributed by atoms with E-state index in [1.807, 2.05) is 37.3 Å². The van der Waals surface area contributed by atoms with E-state index in [9.17, 15) is 9.59 Å². The van der Waals surface area contributed by atoms with E-state index < -0.39 is 0 Å². The van der Waals surface area contributed by atoms with Gasteiger partial charge in [0.25, 0.3) is 0 Å². The first-order chi connectivity index (χ1) is 12.5. The molecule has 0 saturated heterocycles. The predicted octanol–water partition coefficient (Wildman–Crippen LogP) is 4.01. The van der Waals surface area contributed by atoms with E-state index >= 15 is 0 Å². The molecule has 0 aliphatic heterocycles. The summed E-state index contributed by atoms with van der Waals surface area (Å²) in [6, 6.07) is 9.65. The van der Waals surface area contributed by atoms with E-state index in [0.29, 0.717) is 6.42 Å². The van der Waals surface area contributed by atoms with Crippen LogP contribution in [0.3, 0.4) is 0 Å². The lowest BCUT2D eigenvalue weighted by Gasteiger charge is -2.56. The molecule has 4 heteroatoms. The largest absolute Gasteiger partial charge is 0.456 e. The van der Waals surface area contributed by atoms with Gasteiger partial charge in [-0.25, -0.2) is 0 Å². The third kappa shape index (κ3) is 3.79. The number of ether oxygens (including phenoxy) is 1. The summed E-state index contributed by atoms with van der Waals surface area (Å²) in [7, 11) is 0. The number of amides is 1. The fourth-order valence-corrected chi connectivity index (χ4v) is 6.11. The first-order valence-corrected chi connectivity index (χ1v) is 10.0. The van der Waals surface area contributed by atoms with Crippen molar-refractivity contribution in [3.8, 4) is 0 Å². The van der Waals surface area contributed by atoms with Gasteiger partial charge in [0, 0.05) is 6.42 Å². The molecule has 5 rings (SSSR count). The molecule has 0 spiro atoms. The lowest BCUT2D eigenvalue weighted by molar-refractivity contribution is -0.149. The summed E-state index contributed by atoms with van der Waals surface area (Å²) in [6.07, 6.45) is 8.05. The van der Waals surface area contributed by atoms with Crippen molar-refractivity contribution < 1.29 is 14.3 Å². The molecule has 1 aromatic rings. The van der Waals surface area contributed by atoms with Crippen molar-refractivity contribution in [3.05, 3.63) is 35.9 Å². The second-order valence-electron chi connectivity index (χ2n) is 8.91. The molecule has 0 heterocycles. The Bertz CT molecular complexity index is 634. The Hall–Kier alpha value is -1.84. The first-order valence-electron chi connectivity index (χ1n) is 10.0. The van der Waals surface area contributed by atoms with Gasteiger partial charge >= 0.3 is 5.97 Å². The molecule has 0 radical (unpaired) electrons. The third-order valence-electron chi connectivity index (χ3n) is 6.71. The molecule has 4 aliphatic carbocycles. The van der Waals surface area contributed by atoms with Crippen LogP contribution in [0.25, 0.3) is 0 Å². The average molecular weight is 355 g/mol. The van der Waals surface area contributed by atoms with Crippen LogP contribution in [0.15, 0.2) is 30.3 Å². The SMILES string of the molecule is C[C@@H](OC(=O)CNC(=O)CC12CC3CC(CC(C3)C1)C2)c1ccccc1. The van der Waals surface area contributed by atoms with Crippen LogP contribution in [0.1, 0.15) is 63.5 Å². The number of esters is 1. The summed E-state index contributed by atoms with van der Waals surface area (Å²) in [4.78, 5) is 24.5. The zero-order chi connectivity index (χ0) is 18.1. The van der Waals surface area contributed by atoms with E-state index in [2.05, 4.69) is 5.32 Å². The van der Waals surface area contributed by atoms with Gasteiger partial charge in [-0.1, -0.05) is 30.3 Å². The Labute approximate surface area is 155 Å². The van der Waals surface area contributed by atoms with Crippen molar-refractivity contribution in [2.45, 2.75) is 58.0 Å². The first kappa shape index (κ1) is 17.6. The number of rotatable bonds is 6. The topological polar surface area (TPSA) is 55.4 Å². The third-order valence-corrected chi connectivity index (χ3v) is 6.71. The minimum absolute atomic E-state index is 0.0104. The van der Waals surface area contributed by atoms with Crippen LogP contribution in [0, 0.1) is 23.2 Å². The molecule has 140 valence electrons. The molecular weight excluding hydrogens is 326 g/mol. The summed E-state index contributed by atoms with van der Waals surface area (Å²) in [5.41, 5.74) is 1.17. The minimum atomic E-state index is -0.375. The Balaban J connectivity index is 1.25. The van der Waals surface area contributed by atoms with Crippen LogP contribution in [0.2, 0.25) is 0 Å². The van der Waals surface area contributed by atoms with Crippen molar-refractivity contribution >= 4 is 11.9 Å². The van der Waals surface area contributed by atoms with Crippen molar-refractivity contribution in [1.29, 1.82) is 0 Å². The number of carbonyl (C=O) groups excluding carboxylic acids is 2. The van der Waals surface area contributed by atoms with Gasteiger partial charge in [-0.05, 0) is 74.2 Å². The standard InChI is InChI=1S/C22H29NO3/c1-15(19-5-3-2-4-6-19)26-21(25)14-23-20(24)13-22-10-16-7-17(11-22)9-18(8-16)12-22/h2-6,15-18H,7-14H2,1H3,(H,23,24)/t15-,16?,17?,18?,22?/m1/s1. The van der Waals surface area contributed by atoms with Crippen LogP contribution in [0.5, 0.6) is 0 Å². The highest BCUT2D eigenvalue weighted by Crippen LogP contribution is 2.61. The highest BCUT2D eigenvalue weighted by molar-refractivity contribution is 5.82. The molecule has 1 aromatic carbocycles. The number of nitrogens with one attached hydrogen (secondary N) is 1. The normalized spacial score (nSPS) is 32.9. The molecule has 4 nitrogen and oxygen atoms in total. The van der Waals surface area contributed by atoms with E-state index in [0.717, 1.165) is 23.3 Å². The van der Waals surface area contributed by atoms with Crippen LogP contribution in [-0.4, -0.2) is 18.4 Å². The highest BCUT2D eigenvalue weighted by atomic mass is 16.5. The zero-order valence-electron chi connectivity index (χ0n) is 15.6. The Morgan fingerprint density at radius 2 is 1.65 bits per heavy atom. The summed E-state index contributed by atoms with van der Waals surface area (Å²) in [5, 5.41) is 2.80. The summed E-state index contributed by atoms with van der Waals surface area (Å²) < 4.78 is 5.43. The molecule has 26 heavy (non-hydrogen) atoms. The Kier molecular flexibility index (Phi) is 4.76. The summed E-state index contributed by atoms with van der Waals surface area (Å²) in [5.74, 6) is 2.15. The molecule has 0 aromatic heterocycles. The maximum atomic E-state index is 12.5. The number of carbonyl (C=O) groups is 2. The minimum Gasteiger partial charge on any atom is -0.456 e. The van der Waals surface area contributed by atoms with Crippen LogP contribution in [0.4, 0.5) is 0 Å². The molecule has 1 amide bonds. The van der Waals surface area contributed by atoms with Crippen molar-refractivity contribution in [3.63, 3.8) is 0 Å². The monoisotopic (exact) mass is 355 g/mol. The van der Waals surface area contributed by atoms with Crippen LogP contribution >= 0.6 is 0 Å². The van der Waals surface area contributed by atoms with Gasteiger partial charge in [0.05, 0.1) is 0 Å². The van der Waals surface area contributed by atoms with Gasteiger partial charge in [-0.2, -0.15) is 0 Å². The van der Waals surface area contributed by atoms with Gasteiger partial charge in [-0.3, -0.25) is 9.59 Å². The maximum absolute atomic E-state index is 12.5. The highest BCUT2D eigenvalue weighted by Gasteiger charge is 2.51. The van der Waals surface area contributed by atoms with Gasteiger partial charge < -0.3 is 10.1 Å². The quantitative estimate of drug-likeness (QED) is 0.784. The lowest BCUT2D eigenvalue weighted by Crippen LogP contribution is -2.48. The molecular formula is C22H29NO3. The average Bonchev–Trinajstić information content (AvgIpc) is 2.59. The zero-order valence-corrected chi connectivity index (χ0v) is 15.6. The molecule has 4 fully saturated rings. The summed E-state index contributed by atoms with van der Waals surface area (Å²) >= 11 is 0. The second kappa shape index (κ2) is 7.05. The molecule has 4 bridgehead atoms. The van der Waals surface area contributed by atoms with Gasteiger partial charge in [0.1, 0.15) is 12.6 Å². The van der Waals surface area contributed by atoms with Crippen molar-refractivity contribution in [2.75, 3.05) is 6.54 Å². The van der Waals surface area contributed by atoms with E-state index in [4.69, 9.17) is 4.74 Å². The van der Waals surface area contributed by atoms with Crippen molar-refractivity contribution in [2.24, 2.45) is 23.2 Å². The predicted molar refractivity (Wildman–Crippen MR) is 99.2 cm³/mol. The number of benzene rings is 1. The number of hydrogen-bond acceptors (Lipinski definition) is 3. The van der Waals surface area contributed by atoms with Gasteiger partial charge in [-0.15, -0.1) is 0 Å². The molecule has 1 N–H and O–H groups in total. The fraction of sp³-hybridized carbons (Fsp3) is 0.636. The summed E-state index contributed by atoms with van der Waals surface area (Å²) in [6.45, 7) is 1.81. The molecule has 1 atom stereocenters. The molecule has 0 unspecified atom stereocenters. The van der Waals surface area contributed by atoms with Gasteiger partial charge in [0.15, 0.2) is 0 Å². The van der Waals surface area contributed by atoms with E-state index in [-0.39, 0.29) is 29.9 Å². The van der Waals surface area contributed by atoms with Crippen LogP contribution < -0.4 is 5.32 Å². The second-order valence-corrected chi connectivity index (χ2v) is 8.91. The van der Waals surface area contributed by atoms with Gasteiger partial charge in [0.2, 0.25) is 5.91 Å². The fourth-order valence-electron chi connectivity index (χ4n) is 6.11. The molecule has 4 aliphatic rings. The maximum Gasteiger partial charge on any atom is 0.326 e. The Morgan fingerprint density at radius 3 is 2.23 bits per heavy atom. The van der Waals surface area contributed by atoms with Crippen molar-refractivity contribution in [1.82, 2.24) is 5.32 Å². The smallest absolute Gasteiger partial charge is 0.326 e. The van der Waals surface area contributed by atoms with E-state index in [1.54, 1.807) is 0 Å². The Morgan fingerprint density at radius 1 is 1.08 bits per heavy atom. The van der Waals surface area contributed by atoms with E-state index in [1.165, 1.54) is 38.5 Å². The number of hydrogen-bond donors (Lipinski definition) is 1. The molecule has 4 saturated carbocycles. The lowest BCUT2D eigenvalue weighted by atomic mass is 9.49.